The van der Waals surface area contributed by atoms with Crippen LogP contribution in [0.2, 0.25) is 0 Å². The second-order valence-corrected chi connectivity index (χ2v) is 20.6. The number of nitrogens with zero attached hydrogens (tertiary/aromatic N) is 13. The molecule has 0 spiro atoms. The van der Waals surface area contributed by atoms with Gasteiger partial charge in [-0.05, 0) is 81.4 Å². The summed E-state index contributed by atoms with van der Waals surface area (Å²) >= 11 is 0. The Balaban J connectivity index is 0.000000195. The quantitative estimate of drug-likeness (QED) is 0.0431. The number of rotatable bonds is 15. The number of ether oxygens (including phenoxy) is 2. The molecule has 3 aromatic carbocycles. The second-order valence-electron chi connectivity index (χ2n) is 20.6. The van der Waals surface area contributed by atoms with Crippen molar-refractivity contribution in [3.05, 3.63) is 143 Å². The molecule has 80 heavy (non-hydrogen) atoms. The first-order valence-electron chi connectivity index (χ1n) is 27.3. The van der Waals surface area contributed by atoms with Crippen LogP contribution >= 0.6 is 0 Å². The van der Waals surface area contributed by atoms with Crippen molar-refractivity contribution in [3.63, 3.8) is 0 Å². The van der Waals surface area contributed by atoms with Gasteiger partial charge in [-0.1, -0.05) is 69.0 Å². The molecule has 21 heteroatoms. The molecule has 5 aliphatic rings. The number of fused-ring (bicyclic) bond motifs is 3. The summed E-state index contributed by atoms with van der Waals surface area (Å²) in [6.07, 6.45) is 2.84. The number of halogens is 4. The number of carbonyl (C=O) groups excluding carboxylic acids is 2. The van der Waals surface area contributed by atoms with Gasteiger partial charge < -0.3 is 53.5 Å². The molecule has 3 fully saturated rings. The number of anilines is 4. The van der Waals surface area contributed by atoms with E-state index in [2.05, 4.69) is 91.9 Å². The molecule has 3 saturated heterocycles. The van der Waals surface area contributed by atoms with Gasteiger partial charge in [0, 0.05) is 80.6 Å². The van der Waals surface area contributed by atoms with Gasteiger partial charge in [-0.2, -0.15) is 33.1 Å². The van der Waals surface area contributed by atoms with Gasteiger partial charge in [0.25, 0.3) is 0 Å². The number of alkyl halides is 3. The molecule has 2 amide bonds. The molecule has 10 rings (SSSR count). The second kappa shape index (κ2) is 25.4. The van der Waals surface area contributed by atoms with Crippen molar-refractivity contribution in [2.24, 2.45) is 0 Å². The summed E-state index contributed by atoms with van der Waals surface area (Å²) < 4.78 is 68.0. The summed E-state index contributed by atoms with van der Waals surface area (Å²) in [5.74, 6) is -0.233. The number of hydrogen-bond acceptors (Lipinski definition) is 13. The van der Waals surface area contributed by atoms with Crippen molar-refractivity contribution < 1.29 is 36.6 Å². The molecule has 3 atom stereocenters. The molecule has 7 heterocycles. The van der Waals surface area contributed by atoms with Gasteiger partial charge in [-0.15, -0.1) is 0 Å². The maximum atomic E-state index is 14.4. The van der Waals surface area contributed by atoms with E-state index in [1.54, 1.807) is 9.80 Å². The zero-order chi connectivity index (χ0) is 56.5. The maximum Gasteiger partial charge on any atom is 0.421 e. The lowest BCUT2D eigenvalue weighted by Crippen LogP contribution is -2.56. The molecule has 0 aliphatic carbocycles. The van der Waals surface area contributed by atoms with E-state index in [1.807, 2.05) is 11.9 Å². The smallest absolute Gasteiger partial charge is 0.421 e. The summed E-state index contributed by atoms with van der Waals surface area (Å²) in [6, 6.07) is 18.4. The summed E-state index contributed by atoms with van der Waals surface area (Å²) in [7, 11) is 2.02. The Morgan fingerprint density at radius 3 is 1.80 bits per heavy atom. The predicted molar refractivity (Wildman–Crippen MR) is 299 cm³/mol. The number of hydrogen-bond donors (Lipinski definition) is 0. The monoisotopic (exact) mass is 1100 g/mol. The molecule has 2 unspecified atom stereocenters. The van der Waals surface area contributed by atoms with Crippen LogP contribution in [0.15, 0.2) is 86.0 Å². The van der Waals surface area contributed by atoms with Gasteiger partial charge in [0.05, 0.1) is 36.8 Å². The third-order valence-corrected chi connectivity index (χ3v) is 15.7. The van der Waals surface area contributed by atoms with Gasteiger partial charge in [0.1, 0.15) is 41.7 Å². The Morgan fingerprint density at radius 2 is 1.25 bits per heavy atom. The van der Waals surface area contributed by atoms with Crippen LogP contribution in [0.3, 0.4) is 0 Å². The minimum Gasteiger partial charge on any atom is -0.463 e. The topological polar surface area (TPSA) is 136 Å². The first-order valence-corrected chi connectivity index (χ1v) is 27.3. The molecule has 0 N–H and O–H groups in total. The van der Waals surface area contributed by atoms with Crippen molar-refractivity contribution >= 4 is 45.6 Å². The number of benzene rings is 3. The zero-order valence-corrected chi connectivity index (χ0v) is 45.4. The van der Waals surface area contributed by atoms with E-state index < -0.39 is 17.6 Å². The van der Waals surface area contributed by atoms with Crippen LogP contribution in [0.1, 0.15) is 60.7 Å². The van der Waals surface area contributed by atoms with Crippen LogP contribution in [0.5, 0.6) is 12.0 Å². The number of likely N-dealkylation sites (tertiary alicyclic amines) is 1. The number of amides is 2. The van der Waals surface area contributed by atoms with E-state index in [-0.39, 0.29) is 67.8 Å². The molecule has 5 aromatic rings. The van der Waals surface area contributed by atoms with Gasteiger partial charge in [0.15, 0.2) is 0 Å². The van der Waals surface area contributed by atoms with Gasteiger partial charge in [-0.25, -0.2) is 17.5 Å². The highest BCUT2D eigenvalue weighted by atomic mass is 19.4. The van der Waals surface area contributed by atoms with Crippen molar-refractivity contribution in [2.75, 3.05) is 112 Å². The number of unbranched alkanes of at least 4 members (excludes halogenated alkanes) is 1. The van der Waals surface area contributed by atoms with E-state index in [1.165, 1.54) is 45.6 Å². The van der Waals surface area contributed by atoms with Crippen LogP contribution in [-0.4, -0.2) is 157 Å². The molecule has 420 valence electrons. The van der Waals surface area contributed by atoms with Crippen molar-refractivity contribution in [2.45, 2.75) is 82.8 Å². The summed E-state index contributed by atoms with van der Waals surface area (Å²) in [6.45, 7) is 31.0. The molecule has 0 radical (unpaired) electrons. The molecule has 0 bridgehead atoms. The highest BCUT2D eigenvalue weighted by molar-refractivity contribution is 5.94. The zero-order valence-electron chi connectivity index (χ0n) is 45.4. The predicted octanol–water partition coefficient (Wildman–Crippen LogP) is 8.29. The van der Waals surface area contributed by atoms with E-state index >= 15 is 0 Å². The van der Waals surface area contributed by atoms with E-state index in [0.29, 0.717) is 83.0 Å². The first kappa shape index (κ1) is 56.7. The fraction of sp³-hybridized carbons (Fsp3) is 0.458. The van der Waals surface area contributed by atoms with Gasteiger partial charge >= 0.3 is 18.2 Å². The number of carbonyl (C=O) groups is 2. The average Bonchev–Trinajstić information content (AvgIpc) is 3.99. The number of aromatic nitrogens is 4. The van der Waals surface area contributed by atoms with Crippen LogP contribution in [0.25, 0.3) is 20.5 Å². The minimum atomic E-state index is -4.86. The molecular formula is C59H67F4N13O4. The Bertz CT molecular complexity index is 3160. The van der Waals surface area contributed by atoms with E-state index in [4.69, 9.17) is 37.6 Å². The number of likely N-dealkylation sites (N-methyl/N-ethyl adjacent to an activating group) is 1. The summed E-state index contributed by atoms with van der Waals surface area (Å²) in [4.78, 5) is 64.8. The Hall–Kier alpha value is -8.04. The summed E-state index contributed by atoms with van der Waals surface area (Å²) in [5.41, 5.74) is 3.05. The van der Waals surface area contributed by atoms with E-state index in [0.717, 1.165) is 73.9 Å². The average molecular weight is 1100 g/mol. The molecule has 5 aliphatic heterocycles. The molecule has 17 nitrogen and oxygen atoms in total. The minimum absolute atomic E-state index is 0.0114. The highest BCUT2D eigenvalue weighted by Gasteiger charge is 2.41. The Kier molecular flexibility index (Phi) is 18.0. The first-order chi connectivity index (χ1) is 38.7. The Morgan fingerprint density at radius 1 is 0.700 bits per heavy atom. The third kappa shape index (κ3) is 12.5. The number of piperazine rings is 2. The largest absolute Gasteiger partial charge is 0.463 e. The van der Waals surface area contributed by atoms with Gasteiger partial charge in [-0.3, -0.25) is 9.59 Å². The maximum absolute atomic E-state index is 14.4. The van der Waals surface area contributed by atoms with E-state index in [9.17, 15) is 27.2 Å². The van der Waals surface area contributed by atoms with Crippen molar-refractivity contribution in [1.82, 2.24) is 34.6 Å². The van der Waals surface area contributed by atoms with Crippen molar-refractivity contribution in [3.8, 4) is 12.0 Å². The van der Waals surface area contributed by atoms with Crippen LogP contribution in [0, 0.1) is 19.0 Å². The highest BCUT2D eigenvalue weighted by Crippen LogP contribution is 2.41. The lowest BCUT2D eigenvalue weighted by Gasteiger charge is -2.41. The fourth-order valence-corrected chi connectivity index (χ4v) is 11.5. The standard InChI is InChI=1S/C30H34N6O2.C29H33F4N7O2/c1-4-6-18-38-30-32-26-21-34(27-13-9-11-22-10-7-8-12-24(22)27)15-14-25(26)29(33-30)35-16-17-36(28(37)5-2)23(20-35)19-31-3;1-4-25(41)40-14-13-39(16-20(40)15-34-2)27-21-10-12-38(24-9-5-8-22(30)26(24)29(31,32)33)17-23(21)35-28(36-27)42-18-19-7-6-11-37(19)3/h5,7-13,23H,2,4,6,14-21H2,1H3;4-5,8-9,19-20H,1,6-7,10-18H2,3H3/t;19-,20?/m.0/s1. The normalized spacial score (nSPS) is 19.3. The van der Waals surface area contributed by atoms with Crippen LogP contribution in [-0.2, 0) is 41.7 Å². The fourth-order valence-electron chi connectivity index (χ4n) is 11.5. The summed E-state index contributed by atoms with van der Waals surface area (Å²) in [5, 5.41) is 2.46. The lowest BCUT2D eigenvalue weighted by molar-refractivity contribution is -0.139. The molecular weight excluding hydrogens is 1030 g/mol. The van der Waals surface area contributed by atoms with Gasteiger partial charge in [0.2, 0.25) is 24.9 Å². The lowest BCUT2D eigenvalue weighted by atomic mass is 10.0. The molecule has 2 aromatic heterocycles. The SMILES string of the molecule is [C-]#[N+]CC1CN(c2nc(OCCCC)nc3c2CCN(c2cccc4ccccc24)C3)CCN1C(=O)C=C.[C-]#[N+]CC1CN(c2nc(OC[C@@H]3CCCN3C)nc3c2CCN(c2cccc(F)c2C(F)(F)F)C3)CCN1C(=O)C=C. The van der Waals surface area contributed by atoms with Crippen LogP contribution in [0.4, 0.5) is 40.6 Å². The van der Waals surface area contributed by atoms with Crippen molar-refractivity contribution in [1.29, 1.82) is 0 Å². The third-order valence-electron chi connectivity index (χ3n) is 15.7. The van der Waals surface area contributed by atoms with Crippen LogP contribution < -0.4 is 29.1 Å². The Labute approximate surface area is 464 Å². The molecule has 0 saturated carbocycles.